The normalized spacial score (nSPS) is 11.8. The van der Waals surface area contributed by atoms with Crippen LogP contribution in [0.3, 0.4) is 0 Å². The number of fused-ring (bicyclic) bond motifs is 1. The molecule has 20 heavy (non-hydrogen) atoms. The van der Waals surface area contributed by atoms with Crippen molar-refractivity contribution in [2.24, 2.45) is 0 Å². The van der Waals surface area contributed by atoms with E-state index in [2.05, 4.69) is 4.98 Å². The predicted octanol–water partition coefficient (Wildman–Crippen LogP) is 2.33. The zero-order valence-corrected chi connectivity index (χ0v) is 12.3. The minimum Gasteiger partial charge on any atom is -0.389 e. The second-order valence-corrected chi connectivity index (χ2v) is 5.76. The standard InChI is InChI=1S/C16H22N2O2/c1-4-18(11-16(2,3)20)15(19)9-12-10-17-14-8-6-5-7-13(12)14/h5-8,10,17,20H,4,9,11H2,1-3H3. The van der Waals surface area contributed by atoms with Crippen LogP contribution in [0.5, 0.6) is 0 Å². The highest BCUT2D eigenvalue weighted by Crippen LogP contribution is 2.19. The van der Waals surface area contributed by atoms with E-state index in [0.29, 0.717) is 19.5 Å². The molecule has 1 amide bonds. The number of nitrogens with zero attached hydrogens (tertiary/aromatic N) is 1. The first kappa shape index (κ1) is 14.6. The smallest absolute Gasteiger partial charge is 0.227 e. The first-order chi connectivity index (χ1) is 9.40. The van der Waals surface area contributed by atoms with E-state index in [1.165, 1.54) is 0 Å². The van der Waals surface area contributed by atoms with E-state index in [1.54, 1.807) is 18.7 Å². The third-order valence-electron chi connectivity index (χ3n) is 3.33. The topological polar surface area (TPSA) is 56.3 Å². The third-order valence-corrected chi connectivity index (χ3v) is 3.33. The summed E-state index contributed by atoms with van der Waals surface area (Å²) in [5, 5.41) is 10.9. The Morgan fingerprint density at radius 3 is 2.70 bits per heavy atom. The molecule has 2 N–H and O–H groups in total. The molecule has 0 aliphatic heterocycles. The van der Waals surface area contributed by atoms with Crippen LogP contribution in [0.25, 0.3) is 10.9 Å². The van der Waals surface area contributed by atoms with E-state index in [-0.39, 0.29) is 5.91 Å². The molecule has 0 fully saturated rings. The summed E-state index contributed by atoms with van der Waals surface area (Å²) in [5.74, 6) is 0.0411. The zero-order chi connectivity index (χ0) is 14.8. The van der Waals surface area contributed by atoms with Crippen LogP contribution in [0.15, 0.2) is 30.5 Å². The maximum absolute atomic E-state index is 12.4. The van der Waals surface area contributed by atoms with Crippen molar-refractivity contribution >= 4 is 16.8 Å². The number of aliphatic hydroxyl groups is 1. The number of likely N-dealkylation sites (N-methyl/N-ethyl adjacent to an activating group) is 1. The van der Waals surface area contributed by atoms with Crippen molar-refractivity contribution in [1.29, 1.82) is 0 Å². The second kappa shape index (κ2) is 5.67. The number of hydrogen-bond donors (Lipinski definition) is 2. The van der Waals surface area contributed by atoms with Crippen LogP contribution in [-0.2, 0) is 11.2 Å². The van der Waals surface area contributed by atoms with Crippen LogP contribution in [0.1, 0.15) is 26.3 Å². The molecule has 0 bridgehead atoms. The Morgan fingerprint density at radius 1 is 1.35 bits per heavy atom. The van der Waals surface area contributed by atoms with E-state index in [0.717, 1.165) is 16.5 Å². The van der Waals surface area contributed by atoms with Gasteiger partial charge in [-0.3, -0.25) is 4.79 Å². The summed E-state index contributed by atoms with van der Waals surface area (Å²) < 4.78 is 0. The molecule has 1 heterocycles. The minimum atomic E-state index is -0.869. The summed E-state index contributed by atoms with van der Waals surface area (Å²) in [6, 6.07) is 7.95. The van der Waals surface area contributed by atoms with E-state index in [4.69, 9.17) is 0 Å². The SMILES string of the molecule is CCN(CC(C)(C)O)C(=O)Cc1c[nH]c2ccccc12. The molecule has 0 saturated heterocycles. The highest BCUT2D eigenvalue weighted by molar-refractivity contribution is 5.88. The predicted molar refractivity (Wildman–Crippen MR) is 80.6 cm³/mol. The summed E-state index contributed by atoms with van der Waals surface area (Å²) in [5.41, 5.74) is 1.17. The molecule has 0 saturated carbocycles. The van der Waals surface area contributed by atoms with Crippen LogP contribution in [0, 0.1) is 0 Å². The van der Waals surface area contributed by atoms with Crippen molar-refractivity contribution in [3.63, 3.8) is 0 Å². The number of rotatable bonds is 5. The summed E-state index contributed by atoms with van der Waals surface area (Å²) in [6.07, 6.45) is 2.24. The molecule has 0 unspecified atom stereocenters. The van der Waals surface area contributed by atoms with Gasteiger partial charge in [0.2, 0.25) is 5.91 Å². The Labute approximate surface area is 119 Å². The highest BCUT2D eigenvalue weighted by Gasteiger charge is 2.21. The van der Waals surface area contributed by atoms with Gasteiger partial charge in [-0.1, -0.05) is 18.2 Å². The quantitative estimate of drug-likeness (QED) is 0.879. The van der Waals surface area contributed by atoms with Crippen molar-refractivity contribution in [3.8, 4) is 0 Å². The number of amides is 1. The minimum absolute atomic E-state index is 0.0411. The molecule has 4 heteroatoms. The molecule has 2 rings (SSSR count). The average Bonchev–Trinajstić information content (AvgIpc) is 2.78. The van der Waals surface area contributed by atoms with E-state index in [1.807, 2.05) is 37.4 Å². The summed E-state index contributed by atoms with van der Waals surface area (Å²) in [7, 11) is 0. The largest absolute Gasteiger partial charge is 0.389 e. The van der Waals surface area contributed by atoms with E-state index < -0.39 is 5.60 Å². The van der Waals surface area contributed by atoms with Crippen molar-refractivity contribution in [3.05, 3.63) is 36.0 Å². The molecule has 0 aliphatic rings. The molecule has 2 aromatic rings. The summed E-state index contributed by atoms with van der Waals surface area (Å²) in [6.45, 7) is 6.32. The average molecular weight is 274 g/mol. The van der Waals surface area contributed by atoms with Gasteiger partial charge in [-0.05, 0) is 32.4 Å². The molecule has 108 valence electrons. The van der Waals surface area contributed by atoms with E-state index >= 15 is 0 Å². The lowest BCUT2D eigenvalue weighted by molar-refractivity contribution is -0.133. The number of hydrogen-bond acceptors (Lipinski definition) is 2. The summed E-state index contributed by atoms with van der Waals surface area (Å²) >= 11 is 0. The fourth-order valence-corrected chi connectivity index (χ4v) is 2.40. The molecule has 1 aromatic carbocycles. The van der Waals surface area contributed by atoms with Gasteiger partial charge in [0.1, 0.15) is 0 Å². The molecule has 0 radical (unpaired) electrons. The number of aromatic nitrogens is 1. The number of para-hydroxylation sites is 1. The first-order valence-corrected chi connectivity index (χ1v) is 6.96. The maximum atomic E-state index is 12.4. The Hall–Kier alpha value is -1.81. The van der Waals surface area contributed by atoms with Crippen LogP contribution >= 0.6 is 0 Å². The van der Waals surface area contributed by atoms with Crippen LogP contribution in [-0.4, -0.2) is 39.6 Å². The lowest BCUT2D eigenvalue weighted by atomic mass is 10.1. The Kier molecular flexibility index (Phi) is 4.14. The number of nitrogens with one attached hydrogen (secondary N) is 1. The third kappa shape index (κ3) is 3.39. The fraction of sp³-hybridized carbons (Fsp3) is 0.438. The monoisotopic (exact) mass is 274 g/mol. The van der Waals surface area contributed by atoms with Crippen LogP contribution in [0.2, 0.25) is 0 Å². The fourth-order valence-electron chi connectivity index (χ4n) is 2.40. The number of carbonyl (C=O) groups is 1. The van der Waals surface area contributed by atoms with Gasteiger partial charge in [0.15, 0.2) is 0 Å². The van der Waals surface area contributed by atoms with Crippen LogP contribution < -0.4 is 0 Å². The number of benzene rings is 1. The highest BCUT2D eigenvalue weighted by atomic mass is 16.3. The van der Waals surface area contributed by atoms with Gasteiger partial charge in [-0.25, -0.2) is 0 Å². The number of aromatic amines is 1. The van der Waals surface area contributed by atoms with Crippen LogP contribution in [0.4, 0.5) is 0 Å². The lowest BCUT2D eigenvalue weighted by Crippen LogP contribution is -2.42. The van der Waals surface area contributed by atoms with Crippen molar-refractivity contribution in [2.75, 3.05) is 13.1 Å². The molecule has 4 nitrogen and oxygen atoms in total. The molecular weight excluding hydrogens is 252 g/mol. The molecule has 0 atom stereocenters. The van der Waals surface area contributed by atoms with Gasteiger partial charge in [0, 0.05) is 30.2 Å². The van der Waals surface area contributed by atoms with E-state index in [9.17, 15) is 9.90 Å². The van der Waals surface area contributed by atoms with Gasteiger partial charge >= 0.3 is 0 Å². The lowest BCUT2D eigenvalue weighted by Gasteiger charge is -2.28. The van der Waals surface area contributed by atoms with Crippen molar-refractivity contribution in [2.45, 2.75) is 32.8 Å². The Bertz CT molecular complexity index is 596. The van der Waals surface area contributed by atoms with Crippen molar-refractivity contribution in [1.82, 2.24) is 9.88 Å². The molecule has 1 aromatic heterocycles. The zero-order valence-electron chi connectivity index (χ0n) is 12.3. The van der Waals surface area contributed by atoms with Crippen molar-refractivity contribution < 1.29 is 9.90 Å². The summed E-state index contributed by atoms with van der Waals surface area (Å²) in [4.78, 5) is 17.2. The molecule has 0 spiro atoms. The Morgan fingerprint density at radius 2 is 2.05 bits per heavy atom. The van der Waals surface area contributed by atoms with Gasteiger partial charge in [-0.2, -0.15) is 0 Å². The number of carbonyl (C=O) groups excluding carboxylic acids is 1. The number of H-pyrrole nitrogens is 1. The maximum Gasteiger partial charge on any atom is 0.227 e. The van der Waals surface area contributed by atoms with Gasteiger partial charge in [0.25, 0.3) is 0 Å². The van der Waals surface area contributed by atoms with Gasteiger partial charge < -0.3 is 15.0 Å². The molecule has 0 aliphatic carbocycles. The molecular formula is C16H22N2O2. The Balaban J connectivity index is 2.14. The first-order valence-electron chi connectivity index (χ1n) is 6.96. The second-order valence-electron chi connectivity index (χ2n) is 5.76. The van der Waals surface area contributed by atoms with Gasteiger partial charge in [0.05, 0.1) is 12.0 Å². The van der Waals surface area contributed by atoms with Gasteiger partial charge in [-0.15, -0.1) is 0 Å².